The Labute approximate surface area is 89.3 Å². The number of nitrogens with one attached hydrogen (secondary N) is 1. The van der Waals surface area contributed by atoms with Crippen molar-refractivity contribution in [3.8, 4) is 0 Å². The number of nitrogens with two attached hydrogens (primary N) is 1. The number of benzene rings is 1. The van der Waals surface area contributed by atoms with E-state index in [-0.39, 0.29) is 0 Å². The Morgan fingerprint density at radius 1 is 1.46 bits per heavy atom. The minimum atomic E-state index is -0.665. The van der Waals surface area contributed by atoms with E-state index >= 15 is 0 Å². The molecule has 0 atom stereocenters. The van der Waals surface area contributed by atoms with Crippen LogP contribution in [-0.2, 0) is 0 Å². The number of primary amides is 1. The molecule has 0 heterocycles. The van der Waals surface area contributed by atoms with Gasteiger partial charge in [-0.15, -0.1) is 0 Å². The maximum atomic E-state index is 10.2. The van der Waals surface area contributed by atoms with E-state index in [2.05, 4.69) is 33.1 Å². The monoisotopic (exact) mass is 289 g/mol. The number of amides is 2. The second-order valence-electron chi connectivity index (χ2n) is 2.29. The molecule has 0 unspecified atom stereocenters. The van der Waals surface area contributed by atoms with Crippen LogP contribution in [0.2, 0.25) is 0 Å². The number of halogens is 1. The molecule has 13 heavy (non-hydrogen) atoms. The molecule has 1 aromatic rings. The molecule has 4 nitrogen and oxygen atoms in total. The first kappa shape index (κ1) is 9.97. The number of hydrogen-bond acceptors (Lipinski definition) is 2. The maximum absolute atomic E-state index is 10.2. The summed E-state index contributed by atoms with van der Waals surface area (Å²) in [6.45, 7) is 0. The van der Waals surface area contributed by atoms with Crippen molar-refractivity contribution < 1.29 is 4.79 Å². The highest BCUT2D eigenvalue weighted by molar-refractivity contribution is 14.1. The molecule has 0 aliphatic carbocycles. The Kier molecular flexibility index (Phi) is 3.69. The fraction of sp³-hybridized carbons (Fsp3) is 0. The molecule has 1 rings (SSSR count). The number of hydrogen-bond donors (Lipinski definition) is 2. The highest BCUT2D eigenvalue weighted by Crippen LogP contribution is 2.04. The molecule has 0 bridgehead atoms. The van der Waals surface area contributed by atoms with Gasteiger partial charge in [0.1, 0.15) is 0 Å². The summed E-state index contributed by atoms with van der Waals surface area (Å²) in [6.07, 6.45) is 1.53. The highest BCUT2D eigenvalue weighted by Gasteiger charge is 1.88. The Morgan fingerprint density at radius 2 is 2.08 bits per heavy atom. The smallest absolute Gasteiger partial charge is 0.332 e. The average Bonchev–Trinajstić information content (AvgIpc) is 2.08. The van der Waals surface area contributed by atoms with Crippen LogP contribution in [0.4, 0.5) is 4.79 Å². The Bertz CT molecular complexity index is 321. The third-order valence-electron chi connectivity index (χ3n) is 1.26. The maximum Gasteiger partial charge on any atom is 0.332 e. The molecule has 0 aliphatic rings. The van der Waals surface area contributed by atoms with E-state index in [0.717, 1.165) is 9.13 Å². The number of nitrogens with zero attached hydrogens (tertiary/aromatic N) is 1. The molecule has 0 radical (unpaired) electrons. The van der Waals surface area contributed by atoms with Crippen LogP contribution < -0.4 is 11.2 Å². The fourth-order valence-corrected chi connectivity index (χ4v) is 1.08. The number of urea groups is 1. The quantitative estimate of drug-likeness (QED) is 0.481. The molecule has 0 aliphatic heterocycles. The lowest BCUT2D eigenvalue weighted by atomic mass is 10.2. The van der Waals surface area contributed by atoms with Crippen LogP contribution in [0.5, 0.6) is 0 Å². The topological polar surface area (TPSA) is 67.5 Å². The predicted octanol–water partition coefficient (Wildman–Crippen LogP) is 1.29. The molecule has 3 N–H and O–H groups in total. The van der Waals surface area contributed by atoms with Gasteiger partial charge in [0.25, 0.3) is 0 Å². The van der Waals surface area contributed by atoms with Crippen molar-refractivity contribution in [2.45, 2.75) is 0 Å². The third kappa shape index (κ3) is 3.88. The largest absolute Gasteiger partial charge is 0.350 e. The van der Waals surface area contributed by atoms with E-state index in [1.165, 1.54) is 6.21 Å². The van der Waals surface area contributed by atoms with Gasteiger partial charge in [0.2, 0.25) is 0 Å². The highest BCUT2D eigenvalue weighted by atomic mass is 127. The summed E-state index contributed by atoms with van der Waals surface area (Å²) < 4.78 is 1.15. The summed E-state index contributed by atoms with van der Waals surface area (Å²) in [6, 6.07) is 7.03. The molecule has 0 saturated carbocycles. The zero-order chi connectivity index (χ0) is 9.68. The van der Waals surface area contributed by atoms with Crippen LogP contribution in [0.1, 0.15) is 5.56 Å². The third-order valence-corrected chi connectivity index (χ3v) is 1.98. The first-order chi connectivity index (χ1) is 6.18. The summed E-state index contributed by atoms with van der Waals surface area (Å²) in [7, 11) is 0. The second kappa shape index (κ2) is 4.80. The number of hydrazone groups is 1. The molecule has 2 amide bonds. The molecule has 68 valence electrons. The summed E-state index contributed by atoms with van der Waals surface area (Å²) in [5, 5.41) is 3.62. The van der Waals surface area contributed by atoms with Crippen LogP contribution in [0.3, 0.4) is 0 Å². The fourth-order valence-electron chi connectivity index (χ4n) is 0.719. The SMILES string of the molecule is NC(=O)N/N=C\c1ccc(I)cc1. The molecule has 5 heteroatoms. The van der Waals surface area contributed by atoms with Crippen molar-refractivity contribution in [2.75, 3.05) is 0 Å². The van der Waals surface area contributed by atoms with Gasteiger partial charge in [0.05, 0.1) is 6.21 Å². The van der Waals surface area contributed by atoms with E-state index in [0.29, 0.717) is 0 Å². The molecule has 0 spiro atoms. The van der Waals surface area contributed by atoms with Gasteiger partial charge in [-0.25, -0.2) is 10.2 Å². The summed E-state index contributed by atoms with van der Waals surface area (Å²) in [5.41, 5.74) is 7.84. The normalized spacial score (nSPS) is 10.2. The Hall–Kier alpha value is -1.11. The van der Waals surface area contributed by atoms with Crippen molar-refractivity contribution >= 4 is 34.8 Å². The molecule has 0 saturated heterocycles. The van der Waals surface area contributed by atoms with Gasteiger partial charge in [-0.2, -0.15) is 5.10 Å². The van der Waals surface area contributed by atoms with E-state index < -0.39 is 6.03 Å². The molecule has 0 aromatic heterocycles. The molecular weight excluding hydrogens is 281 g/mol. The number of carbonyl (C=O) groups is 1. The lowest BCUT2D eigenvalue weighted by molar-refractivity contribution is 0.249. The van der Waals surface area contributed by atoms with Gasteiger partial charge in [-0.3, -0.25) is 0 Å². The summed E-state index contributed by atoms with van der Waals surface area (Å²) in [5.74, 6) is 0. The predicted molar refractivity (Wildman–Crippen MR) is 59.5 cm³/mol. The van der Waals surface area contributed by atoms with Crippen LogP contribution in [-0.4, -0.2) is 12.2 Å². The van der Waals surface area contributed by atoms with E-state index in [1.54, 1.807) is 0 Å². The summed E-state index contributed by atoms with van der Waals surface area (Å²) in [4.78, 5) is 10.2. The van der Waals surface area contributed by atoms with Crippen molar-refractivity contribution in [1.82, 2.24) is 5.43 Å². The standard InChI is InChI=1S/C8H8IN3O/c9-7-3-1-6(2-4-7)5-11-12-8(10)13/h1-5H,(H3,10,12,13)/b11-5-. The molecule has 1 aromatic carbocycles. The van der Waals surface area contributed by atoms with Gasteiger partial charge >= 0.3 is 6.03 Å². The zero-order valence-electron chi connectivity index (χ0n) is 6.70. The summed E-state index contributed by atoms with van der Waals surface area (Å²) >= 11 is 2.21. The number of carbonyl (C=O) groups excluding carboxylic acids is 1. The van der Waals surface area contributed by atoms with Gasteiger partial charge in [-0.1, -0.05) is 12.1 Å². The van der Waals surface area contributed by atoms with E-state index in [9.17, 15) is 4.79 Å². The Morgan fingerprint density at radius 3 is 2.62 bits per heavy atom. The van der Waals surface area contributed by atoms with Crippen LogP contribution >= 0.6 is 22.6 Å². The molecular formula is C8H8IN3O. The van der Waals surface area contributed by atoms with Gasteiger partial charge in [0.15, 0.2) is 0 Å². The van der Waals surface area contributed by atoms with Crippen LogP contribution in [0.15, 0.2) is 29.4 Å². The Balaban J connectivity index is 2.59. The minimum absolute atomic E-state index is 0.665. The van der Waals surface area contributed by atoms with Crippen LogP contribution in [0.25, 0.3) is 0 Å². The lowest BCUT2D eigenvalue weighted by Crippen LogP contribution is -2.24. The first-order valence-electron chi connectivity index (χ1n) is 3.52. The van der Waals surface area contributed by atoms with Crippen LogP contribution in [0, 0.1) is 3.57 Å². The minimum Gasteiger partial charge on any atom is -0.350 e. The van der Waals surface area contributed by atoms with Gasteiger partial charge in [0, 0.05) is 3.57 Å². The van der Waals surface area contributed by atoms with Crippen molar-refractivity contribution in [3.63, 3.8) is 0 Å². The first-order valence-corrected chi connectivity index (χ1v) is 4.60. The number of rotatable bonds is 2. The van der Waals surface area contributed by atoms with E-state index in [4.69, 9.17) is 5.73 Å². The van der Waals surface area contributed by atoms with Crippen molar-refractivity contribution in [1.29, 1.82) is 0 Å². The molecule has 0 fully saturated rings. The van der Waals surface area contributed by atoms with Crippen molar-refractivity contribution in [3.05, 3.63) is 33.4 Å². The van der Waals surface area contributed by atoms with E-state index in [1.807, 2.05) is 24.3 Å². The van der Waals surface area contributed by atoms with Gasteiger partial charge < -0.3 is 5.73 Å². The van der Waals surface area contributed by atoms with Gasteiger partial charge in [-0.05, 0) is 40.3 Å². The lowest BCUT2D eigenvalue weighted by Gasteiger charge is -1.93. The van der Waals surface area contributed by atoms with Crippen molar-refractivity contribution in [2.24, 2.45) is 10.8 Å². The zero-order valence-corrected chi connectivity index (χ0v) is 8.86. The average molecular weight is 289 g/mol. The second-order valence-corrected chi connectivity index (χ2v) is 3.53.